The van der Waals surface area contributed by atoms with Gasteiger partial charge in [0.1, 0.15) is 0 Å². The Hall–Kier alpha value is -2.54. The smallest absolute Gasteiger partial charge is 0.269 e. The number of carbonyl (C=O) groups is 1. The number of rotatable bonds is 2. The fourth-order valence-corrected chi connectivity index (χ4v) is 3.31. The first-order chi connectivity index (χ1) is 11.9. The van der Waals surface area contributed by atoms with E-state index in [4.69, 9.17) is 0 Å². The zero-order valence-corrected chi connectivity index (χ0v) is 15.4. The minimum atomic E-state index is -0.437. The number of benzene rings is 2. The molecule has 0 spiro atoms. The summed E-state index contributed by atoms with van der Waals surface area (Å²) in [4.78, 5) is 22.5. The monoisotopic (exact) mass is 401 g/mol. The van der Waals surface area contributed by atoms with Crippen LogP contribution in [0.2, 0.25) is 0 Å². The number of nitro benzene ring substituents is 1. The molecule has 128 valence electrons. The molecule has 1 aliphatic rings. The van der Waals surface area contributed by atoms with Crippen molar-refractivity contribution in [2.24, 2.45) is 5.10 Å². The highest BCUT2D eigenvalue weighted by Crippen LogP contribution is 2.27. The fraction of sp³-hybridized carbons (Fsp3) is 0.222. The van der Waals surface area contributed by atoms with E-state index >= 15 is 0 Å². The number of hydrogen-bond donors (Lipinski definition) is 0. The van der Waals surface area contributed by atoms with Crippen LogP contribution in [0.25, 0.3) is 0 Å². The van der Waals surface area contributed by atoms with Crippen LogP contribution in [0.4, 0.5) is 5.69 Å². The SMILES string of the molecule is CC(=O)N1N=C(c2ccc([N+](=O)[O-])cc2)c2cc(Br)ccc2CC1C. The molecule has 0 radical (unpaired) electrons. The van der Waals surface area contributed by atoms with E-state index in [-0.39, 0.29) is 17.6 Å². The number of halogens is 1. The molecule has 3 rings (SSSR count). The molecule has 0 fully saturated rings. The molecule has 2 aromatic rings. The van der Waals surface area contributed by atoms with Gasteiger partial charge in [-0.05, 0) is 43.2 Å². The van der Waals surface area contributed by atoms with E-state index in [0.717, 1.165) is 21.2 Å². The van der Waals surface area contributed by atoms with Crippen LogP contribution in [0.15, 0.2) is 52.0 Å². The van der Waals surface area contributed by atoms with Crippen molar-refractivity contribution in [1.82, 2.24) is 5.01 Å². The van der Waals surface area contributed by atoms with Crippen LogP contribution in [-0.2, 0) is 11.2 Å². The van der Waals surface area contributed by atoms with Crippen LogP contribution in [0.3, 0.4) is 0 Å². The molecule has 6 nitrogen and oxygen atoms in total. The standard InChI is InChI=1S/C18H16BrN3O3/c1-11-9-14-3-6-15(19)10-17(14)18(20-21(11)12(2)23)13-4-7-16(8-5-13)22(24)25/h3-8,10-11H,9H2,1-2H3. The number of hydrazone groups is 1. The second-order valence-corrected chi connectivity index (χ2v) is 6.89. The Balaban J connectivity index is 2.18. The van der Waals surface area contributed by atoms with Gasteiger partial charge in [0.05, 0.1) is 16.7 Å². The lowest BCUT2D eigenvalue weighted by Gasteiger charge is -2.21. The van der Waals surface area contributed by atoms with Gasteiger partial charge in [-0.25, -0.2) is 5.01 Å². The molecule has 0 bridgehead atoms. The van der Waals surface area contributed by atoms with Gasteiger partial charge < -0.3 is 0 Å². The molecule has 0 saturated heterocycles. The number of carbonyl (C=O) groups excluding carboxylic acids is 1. The summed E-state index contributed by atoms with van der Waals surface area (Å²) in [5, 5.41) is 17.0. The van der Waals surface area contributed by atoms with Crippen molar-refractivity contribution in [2.75, 3.05) is 0 Å². The molecule has 1 heterocycles. The molecule has 0 saturated carbocycles. The first-order valence-electron chi connectivity index (χ1n) is 7.79. The van der Waals surface area contributed by atoms with Gasteiger partial charge in [-0.2, -0.15) is 5.10 Å². The van der Waals surface area contributed by atoms with Crippen molar-refractivity contribution >= 4 is 33.2 Å². The second kappa shape index (κ2) is 6.76. The Morgan fingerprint density at radius 2 is 1.96 bits per heavy atom. The van der Waals surface area contributed by atoms with Crippen LogP contribution in [-0.4, -0.2) is 27.6 Å². The summed E-state index contributed by atoms with van der Waals surface area (Å²) < 4.78 is 0.907. The number of nitrogens with zero attached hydrogens (tertiary/aromatic N) is 3. The molecule has 0 aliphatic carbocycles. The van der Waals surface area contributed by atoms with Crippen molar-refractivity contribution in [1.29, 1.82) is 0 Å². The Morgan fingerprint density at radius 1 is 1.28 bits per heavy atom. The first kappa shape index (κ1) is 17.3. The molecule has 1 atom stereocenters. The van der Waals surface area contributed by atoms with E-state index in [1.54, 1.807) is 12.1 Å². The molecule has 7 heteroatoms. The molecule has 1 aliphatic heterocycles. The molecule has 1 unspecified atom stereocenters. The average molecular weight is 402 g/mol. The Kier molecular flexibility index (Phi) is 4.67. The van der Waals surface area contributed by atoms with E-state index in [9.17, 15) is 14.9 Å². The summed E-state index contributed by atoms with van der Waals surface area (Å²) in [7, 11) is 0. The van der Waals surface area contributed by atoms with Crippen molar-refractivity contribution < 1.29 is 9.72 Å². The molecular weight excluding hydrogens is 386 g/mol. The van der Waals surface area contributed by atoms with Gasteiger partial charge in [-0.1, -0.05) is 22.0 Å². The first-order valence-corrected chi connectivity index (χ1v) is 8.58. The number of non-ortho nitro benzene ring substituents is 1. The second-order valence-electron chi connectivity index (χ2n) is 5.97. The summed E-state index contributed by atoms with van der Waals surface area (Å²) >= 11 is 3.48. The van der Waals surface area contributed by atoms with Crippen molar-refractivity contribution in [3.05, 3.63) is 73.7 Å². The zero-order valence-electron chi connectivity index (χ0n) is 13.8. The largest absolute Gasteiger partial charge is 0.273 e. The van der Waals surface area contributed by atoms with Gasteiger partial charge in [0.2, 0.25) is 5.91 Å². The summed E-state index contributed by atoms with van der Waals surface area (Å²) in [6.07, 6.45) is 0.683. The van der Waals surface area contributed by atoms with E-state index in [1.807, 2.05) is 25.1 Å². The van der Waals surface area contributed by atoms with Gasteiger partial charge in [0, 0.05) is 34.7 Å². The normalized spacial score (nSPS) is 16.7. The Labute approximate surface area is 153 Å². The number of fused-ring (bicyclic) bond motifs is 1. The lowest BCUT2D eigenvalue weighted by atomic mass is 9.95. The number of amides is 1. The van der Waals surface area contributed by atoms with Gasteiger partial charge in [-0.3, -0.25) is 14.9 Å². The topological polar surface area (TPSA) is 75.8 Å². The van der Waals surface area contributed by atoms with E-state index in [2.05, 4.69) is 21.0 Å². The summed E-state index contributed by atoms with van der Waals surface area (Å²) in [6.45, 7) is 3.44. The summed E-state index contributed by atoms with van der Waals surface area (Å²) in [5.41, 5.74) is 3.37. The van der Waals surface area contributed by atoms with Gasteiger partial charge in [0.15, 0.2) is 0 Å². The van der Waals surface area contributed by atoms with Crippen molar-refractivity contribution in [2.45, 2.75) is 26.3 Å². The van der Waals surface area contributed by atoms with E-state index in [1.165, 1.54) is 24.1 Å². The molecule has 0 N–H and O–H groups in total. The summed E-state index contributed by atoms with van der Waals surface area (Å²) in [5.74, 6) is -0.140. The highest BCUT2D eigenvalue weighted by Gasteiger charge is 2.25. The third-order valence-electron chi connectivity index (χ3n) is 4.14. The van der Waals surface area contributed by atoms with Crippen molar-refractivity contribution in [3.63, 3.8) is 0 Å². The number of nitro groups is 1. The van der Waals surface area contributed by atoms with Crippen LogP contribution >= 0.6 is 15.9 Å². The quantitative estimate of drug-likeness (QED) is 0.565. The Morgan fingerprint density at radius 3 is 2.56 bits per heavy atom. The fourth-order valence-electron chi connectivity index (χ4n) is 2.95. The molecular formula is C18H16BrN3O3. The third kappa shape index (κ3) is 3.46. The third-order valence-corrected chi connectivity index (χ3v) is 4.64. The van der Waals surface area contributed by atoms with Crippen LogP contribution in [0.5, 0.6) is 0 Å². The van der Waals surface area contributed by atoms with Crippen LogP contribution in [0.1, 0.15) is 30.5 Å². The molecule has 25 heavy (non-hydrogen) atoms. The van der Waals surface area contributed by atoms with Crippen LogP contribution in [0, 0.1) is 10.1 Å². The molecule has 2 aromatic carbocycles. The highest BCUT2D eigenvalue weighted by molar-refractivity contribution is 9.10. The van der Waals surface area contributed by atoms with Crippen molar-refractivity contribution in [3.8, 4) is 0 Å². The van der Waals surface area contributed by atoms with Crippen LogP contribution < -0.4 is 0 Å². The minimum Gasteiger partial charge on any atom is -0.273 e. The lowest BCUT2D eigenvalue weighted by Crippen LogP contribution is -2.33. The minimum absolute atomic E-state index is 0.0178. The van der Waals surface area contributed by atoms with Gasteiger partial charge in [0.25, 0.3) is 5.69 Å². The molecule has 1 amide bonds. The summed E-state index contributed by atoms with van der Waals surface area (Å²) in [6, 6.07) is 12.1. The lowest BCUT2D eigenvalue weighted by molar-refractivity contribution is -0.384. The predicted octanol–water partition coefficient (Wildman–Crippen LogP) is 3.90. The maximum absolute atomic E-state index is 12.0. The Bertz CT molecular complexity index is 878. The van der Waals surface area contributed by atoms with E-state index in [0.29, 0.717) is 12.1 Å². The zero-order chi connectivity index (χ0) is 18.1. The van der Waals surface area contributed by atoms with Gasteiger partial charge >= 0.3 is 0 Å². The van der Waals surface area contributed by atoms with Gasteiger partial charge in [-0.15, -0.1) is 0 Å². The maximum atomic E-state index is 12.0. The maximum Gasteiger partial charge on any atom is 0.269 e. The average Bonchev–Trinajstić information content (AvgIpc) is 2.71. The highest BCUT2D eigenvalue weighted by atomic mass is 79.9. The number of hydrogen-bond acceptors (Lipinski definition) is 4. The molecule has 0 aromatic heterocycles. The van der Waals surface area contributed by atoms with E-state index < -0.39 is 4.92 Å². The predicted molar refractivity (Wildman–Crippen MR) is 98.6 cm³/mol.